The normalized spacial score (nSPS) is 17.5. The smallest absolute Gasteiger partial charge is 0.337 e. The van der Waals surface area contributed by atoms with Gasteiger partial charge in [-0.15, -0.1) is 11.3 Å². The van der Waals surface area contributed by atoms with Crippen LogP contribution in [0, 0.1) is 6.92 Å². The van der Waals surface area contributed by atoms with E-state index in [1.165, 1.54) is 11.3 Å². The van der Waals surface area contributed by atoms with Crippen LogP contribution in [0.5, 0.6) is 0 Å². The number of aryl methyl sites for hydroxylation is 2. The molecule has 3 aromatic carbocycles. The van der Waals surface area contributed by atoms with Gasteiger partial charge in [-0.1, -0.05) is 23.7 Å². The molecular formula is C35H36ClN5O5S. The summed E-state index contributed by atoms with van der Waals surface area (Å²) < 4.78 is 14.4. The van der Waals surface area contributed by atoms with Gasteiger partial charge >= 0.3 is 5.97 Å². The Labute approximate surface area is 281 Å². The van der Waals surface area contributed by atoms with Crippen molar-refractivity contribution < 1.29 is 24.5 Å². The van der Waals surface area contributed by atoms with Crippen LogP contribution < -0.4 is 4.90 Å². The minimum absolute atomic E-state index is 0.267. The minimum Gasteiger partial charge on any atom is -0.495 e. The number of halogens is 1. The van der Waals surface area contributed by atoms with Crippen LogP contribution in [0.4, 0.5) is 5.82 Å². The molecule has 10 nitrogen and oxygen atoms in total. The van der Waals surface area contributed by atoms with E-state index in [1.807, 2.05) is 74.7 Å². The Morgan fingerprint density at radius 2 is 1.87 bits per heavy atom. The Bertz CT molecular complexity index is 2050. The molecule has 2 aromatic heterocycles. The number of rotatable bonds is 6. The summed E-state index contributed by atoms with van der Waals surface area (Å²) in [7, 11) is 1.94. The second-order valence-electron chi connectivity index (χ2n) is 13.0. The van der Waals surface area contributed by atoms with Gasteiger partial charge in [0.25, 0.3) is 0 Å². The summed E-state index contributed by atoms with van der Waals surface area (Å²) in [6.07, 6.45) is -0.0980. The Balaban J connectivity index is 1.36. The third-order valence-electron chi connectivity index (χ3n) is 8.55. The summed E-state index contributed by atoms with van der Waals surface area (Å²) in [6.45, 7) is 9.69. The van der Waals surface area contributed by atoms with Crippen LogP contribution in [-0.4, -0.2) is 73.9 Å². The molecule has 0 aliphatic carbocycles. The first-order valence-corrected chi connectivity index (χ1v) is 16.7. The largest absolute Gasteiger partial charge is 0.495 e. The molecular weight excluding hydrogens is 638 g/mol. The number of ether oxygens (including phenoxy) is 2. The summed E-state index contributed by atoms with van der Waals surface area (Å²) in [5, 5.41) is 28.1. The molecule has 2 aliphatic heterocycles. The van der Waals surface area contributed by atoms with Gasteiger partial charge in [-0.05, 0) is 75.2 Å². The molecule has 0 bridgehead atoms. The fourth-order valence-corrected chi connectivity index (χ4v) is 7.71. The van der Waals surface area contributed by atoms with Crippen molar-refractivity contribution in [3.63, 3.8) is 0 Å². The van der Waals surface area contributed by atoms with Gasteiger partial charge in [-0.3, -0.25) is 4.68 Å². The second kappa shape index (κ2) is 11.8. The first kappa shape index (κ1) is 31.4. The molecule has 1 saturated heterocycles. The van der Waals surface area contributed by atoms with Crippen molar-refractivity contribution in [2.75, 3.05) is 31.1 Å². The summed E-state index contributed by atoms with van der Waals surface area (Å²) in [4.78, 5) is 22.0. The minimum atomic E-state index is -1.18. The number of hydrogen-bond acceptors (Lipinski definition) is 9. The molecule has 1 fully saturated rings. The maximum absolute atomic E-state index is 12.7. The fraction of sp³-hybridized carbons (Fsp3) is 0.343. The maximum Gasteiger partial charge on any atom is 0.337 e. The average molecular weight is 674 g/mol. The number of benzene rings is 3. The highest BCUT2D eigenvalue weighted by molar-refractivity contribution is 7.22. The van der Waals surface area contributed by atoms with Crippen molar-refractivity contribution in [2.45, 2.75) is 45.6 Å². The van der Waals surface area contributed by atoms with Crippen LogP contribution in [0.1, 0.15) is 38.0 Å². The van der Waals surface area contributed by atoms with Crippen LogP contribution in [-0.2, 0) is 21.3 Å². The van der Waals surface area contributed by atoms with Crippen molar-refractivity contribution in [1.29, 1.82) is 0 Å². The van der Waals surface area contributed by atoms with E-state index in [1.54, 1.807) is 6.26 Å². The second-order valence-corrected chi connectivity index (χ2v) is 14.5. The van der Waals surface area contributed by atoms with Crippen LogP contribution in [0.25, 0.3) is 42.8 Å². The Morgan fingerprint density at radius 1 is 1.13 bits per heavy atom. The number of nitrogens with zero attached hydrogens (tertiary/aromatic N) is 5. The zero-order valence-corrected chi connectivity index (χ0v) is 28.4. The lowest BCUT2D eigenvalue weighted by molar-refractivity contribution is -0.160. The number of aliphatic hydroxyl groups excluding tert-OH is 1. The first-order valence-electron chi connectivity index (χ1n) is 15.5. The number of carboxylic acid groups (broad SMARTS) is 1. The molecule has 0 saturated carbocycles. The third-order valence-corrected chi connectivity index (χ3v) is 9.94. The van der Waals surface area contributed by atoms with E-state index in [9.17, 15) is 15.0 Å². The van der Waals surface area contributed by atoms with E-state index >= 15 is 0 Å². The van der Waals surface area contributed by atoms with Gasteiger partial charge in [0.2, 0.25) is 0 Å². The van der Waals surface area contributed by atoms with E-state index in [0.29, 0.717) is 30.2 Å². The molecule has 0 unspecified atom stereocenters. The van der Waals surface area contributed by atoms with Crippen LogP contribution >= 0.6 is 22.9 Å². The molecule has 0 spiro atoms. The van der Waals surface area contributed by atoms with Gasteiger partial charge in [0.05, 0.1) is 33.6 Å². The number of piperazine rings is 1. The number of fused-ring (bicyclic) bond motifs is 3. The predicted octanol–water partition coefficient (Wildman–Crippen LogP) is 6.73. The lowest BCUT2D eigenvalue weighted by Crippen LogP contribution is -2.52. The topological polar surface area (TPSA) is 113 Å². The molecule has 5 aromatic rings. The quantitative estimate of drug-likeness (QED) is 0.203. The maximum atomic E-state index is 12.7. The number of aliphatic carboxylic acids is 1. The average Bonchev–Trinajstić information content (AvgIpc) is 3.60. The SMILES string of the molecule is Cc1cc2nc(-c3ccc4c(c3)c(N3CCN5C(=COC[C@H]5O)C3)nn4C)sc2c(-c2ccc(Cl)cc2)c1[C@H](OC(C)(C)C)C(=O)O. The molecule has 2 atom stereocenters. The van der Waals surface area contributed by atoms with Crippen molar-refractivity contribution in [2.24, 2.45) is 7.05 Å². The van der Waals surface area contributed by atoms with Crippen molar-refractivity contribution in [3.8, 4) is 21.7 Å². The number of thiazole rings is 1. The monoisotopic (exact) mass is 673 g/mol. The highest BCUT2D eigenvalue weighted by Gasteiger charge is 2.33. The molecule has 7 rings (SSSR count). The number of carbonyl (C=O) groups is 1. The van der Waals surface area contributed by atoms with Crippen molar-refractivity contribution in [3.05, 3.63) is 76.6 Å². The van der Waals surface area contributed by atoms with Crippen LogP contribution in [0.15, 0.2) is 60.5 Å². The molecule has 2 aliphatic rings. The Kier molecular flexibility index (Phi) is 7.91. The van der Waals surface area contributed by atoms with Gasteiger partial charge in [-0.2, -0.15) is 5.10 Å². The van der Waals surface area contributed by atoms with Gasteiger partial charge in [-0.25, -0.2) is 9.78 Å². The van der Waals surface area contributed by atoms with E-state index < -0.39 is 23.9 Å². The van der Waals surface area contributed by atoms with Gasteiger partial charge < -0.3 is 29.5 Å². The highest BCUT2D eigenvalue weighted by atomic mass is 35.5. The highest BCUT2D eigenvalue weighted by Crippen LogP contribution is 2.45. The van der Waals surface area contributed by atoms with Crippen molar-refractivity contribution >= 4 is 55.8 Å². The van der Waals surface area contributed by atoms with E-state index in [4.69, 9.17) is 31.2 Å². The molecule has 47 heavy (non-hydrogen) atoms. The number of aromatic nitrogens is 3. The third kappa shape index (κ3) is 5.82. The van der Waals surface area contributed by atoms with Gasteiger partial charge in [0.15, 0.2) is 18.1 Å². The fourth-order valence-electron chi connectivity index (χ4n) is 6.46. The van der Waals surface area contributed by atoms with Crippen LogP contribution in [0.3, 0.4) is 0 Å². The summed E-state index contributed by atoms with van der Waals surface area (Å²) in [5.41, 5.74) is 5.95. The van der Waals surface area contributed by atoms with Gasteiger partial charge in [0, 0.05) is 47.2 Å². The number of aliphatic hydroxyl groups is 1. The van der Waals surface area contributed by atoms with Crippen LogP contribution in [0.2, 0.25) is 5.02 Å². The number of hydrogen-bond donors (Lipinski definition) is 2. The molecule has 0 amide bonds. The molecule has 4 heterocycles. The van der Waals surface area contributed by atoms with E-state index in [-0.39, 0.29) is 6.61 Å². The standard InChI is InChI=1S/C35H36ClN5O5S/c1-19-14-25-31(29(20-6-9-22(36)10-7-20)28(19)30(34(43)44)46-35(2,3)4)47-33(37-25)21-8-11-26-24(15-21)32(38-39(26)5)40-12-13-41-23(16-40)17-45-18-27(41)42/h6-11,14-15,17,27,30,42H,12-13,16,18H2,1-5H3,(H,43,44)/t27-,30+/m1/s1. The van der Waals surface area contributed by atoms with E-state index in [0.717, 1.165) is 59.9 Å². The predicted molar refractivity (Wildman–Crippen MR) is 185 cm³/mol. The first-order chi connectivity index (χ1) is 22.4. The molecule has 0 radical (unpaired) electrons. The van der Waals surface area contributed by atoms with Crippen molar-refractivity contribution in [1.82, 2.24) is 19.7 Å². The Hall–Kier alpha value is -4.16. The summed E-state index contributed by atoms with van der Waals surface area (Å²) in [5.74, 6) is -0.197. The lowest BCUT2D eigenvalue weighted by atomic mass is 9.91. The molecule has 244 valence electrons. The summed E-state index contributed by atoms with van der Waals surface area (Å²) >= 11 is 7.79. The summed E-state index contributed by atoms with van der Waals surface area (Å²) in [6, 6.07) is 15.6. The lowest BCUT2D eigenvalue weighted by Gasteiger charge is -2.42. The molecule has 2 N–H and O–H groups in total. The Morgan fingerprint density at radius 3 is 2.60 bits per heavy atom. The number of anilines is 1. The van der Waals surface area contributed by atoms with Gasteiger partial charge in [0.1, 0.15) is 17.9 Å². The zero-order chi connectivity index (χ0) is 33.2. The number of carboxylic acids is 1. The molecule has 12 heteroatoms. The van der Waals surface area contributed by atoms with E-state index in [2.05, 4.69) is 23.1 Å². The zero-order valence-electron chi connectivity index (χ0n) is 26.8.